The first-order chi connectivity index (χ1) is 11.0. The van der Waals surface area contributed by atoms with Crippen molar-refractivity contribution < 1.29 is 14.7 Å². The van der Waals surface area contributed by atoms with Crippen molar-refractivity contribution in [3.8, 4) is 5.75 Å². The molecule has 6 nitrogen and oxygen atoms in total. The van der Waals surface area contributed by atoms with Gasteiger partial charge in [-0.25, -0.2) is 4.98 Å². The molecule has 0 radical (unpaired) electrons. The topological polar surface area (TPSA) is 96.5 Å². The molecule has 1 aliphatic rings. The van der Waals surface area contributed by atoms with Crippen LogP contribution < -0.4 is 10.6 Å². The molecule has 0 fully saturated rings. The standard InChI is InChI=1S/C17H17N3O3/c1-10-15-12(16(22)14(19-10)17(18)23)7-8-13(21)20(15)9-11-5-3-2-4-6-11/h2-6,22H,7-9H2,1H3,(H2,18,23). The summed E-state index contributed by atoms with van der Waals surface area (Å²) in [6.45, 7) is 2.10. The van der Waals surface area contributed by atoms with Gasteiger partial charge in [0.1, 0.15) is 0 Å². The molecule has 3 rings (SSSR count). The van der Waals surface area contributed by atoms with Crippen molar-refractivity contribution in [2.24, 2.45) is 5.73 Å². The first-order valence-electron chi connectivity index (χ1n) is 7.35. The van der Waals surface area contributed by atoms with Crippen LogP contribution in [0.1, 0.15) is 33.7 Å². The monoisotopic (exact) mass is 311 g/mol. The number of hydrogen-bond donors (Lipinski definition) is 2. The molecule has 0 bridgehead atoms. The first-order valence-corrected chi connectivity index (χ1v) is 7.35. The Morgan fingerprint density at radius 1 is 1.30 bits per heavy atom. The van der Waals surface area contributed by atoms with Crippen LogP contribution in [0.15, 0.2) is 30.3 Å². The minimum atomic E-state index is -0.778. The van der Waals surface area contributed by atoms with Crippen molar-refractivity contribution in [2.45, 2.75) is 26.3 Å². The van der Waals surface area contributed by atoms with Crippen molar-refractivity contribution in [3.63, 3.8) is 0 Å². The average Bonchev–Trinajstić information content (AvgIpc) is 2.53. The maximum atomic E-state index is 12.4. The summed E-state index contributed by atoms with van der Waals surface area (Å²) in [6.07, 6.45) is 0.643. The van der Waals surface area contributed by atoms with Crippen LogP contribution in [0.25, 0.3) is 0 Å². The van der Waals surface area contributed by atoms with E-state index in [1.165, 1.54) is 0 Å². The molecule has 6 heteroatoms. The Morgan fingerprint density at radius 2 is 2.00 bits per heavy atom. The molecule has 1 aromatic heterocycles. The molecule has 0 atom stereocenters. The Bertz CT molecular complexity index is 787. The summed E-state index contributed by atoms with van der Waals surface area (Å²) in [7, 11) is 0. The van der Waals surface area contributed by atoms with E-state index in [-0.39, 0.29) is 23.8 Å². The van der Waals surface area contributed by atoms with Crippen LogP contribution in [0, 0.1) is 6.92 Å². The summed E-state index contributed by atoms with van der Waals surface area (Å²) in [6, 6.07) is 9.59. The van der Waals surface area contributed by atoms with E-state index >= 15 is 0 Å². The quantitative estimate of drug-likeness (QED) is 0.901. The van der Waals surface area contributed by atoms with E-state index in [2.05, 4.69) is 4.98 Å². The van der Waals surface area contributed by atoms with Gasteiger partial charge in [-0.05, 0) is 18.9 Å². The highest BCUT2D eigenvalue weighted by molar-refractivity contribution is 6.00. The number of nitrogens with zero attached hydrogens (tertiary/aromatic N) is 2. The Morgan fingerprint density at radius 3 is 2.65 bits per heavy atom. The number of carbonyl (C=O) groups excluding carboxylic acids is 2. The zero-order chi connectivity index (χ0) is 16.6. The molecule has 2 heterocycles. The first kappa shape index (κ1) is 15.0. The number of benzene rings is 1. The zero-order valence-electron chi connectivity index (χ0n) is 12.7. The normalized spacial score (nSPS) is 13.8. The summed E-state index contributed by atoms with van der Waals surface area (Å²) < 4.78 is 0. The molecule has 23 heavy (non-hydrogen) atoms. The van der Waals surface area contributed by atoms with Gasteiger partial charge < -0.3 is 15.7 Å². The summed E-state index contributed by atoms with van der Waals surface area (Å²) in [5, 5.41) is 10.3. The number of aryl methyl sites for hydroxylation is 1. The molecule has 2 aromatic rings. The van der Waals surface area contributed by atoms with Crippen molar-refractivity contribution in [1.82, 2.24) is 4.98 Å². The van der Waals surface area contributed by atoms with Gasteiger partial charge in [0.25, 0.3) is 5.91 Å². The van der Waals surface area contributed by atoms with Crippen LogP contribution in [-0.4, -0.2) is 21.9 Å². The number of nitrogens with two attached hydrogens (primary N) is 1. The maximum absolute atomic E-state index is 12.4. The van der Waals surface area contributed by atoms with Crippen LogP contribution >= 0.6 is 0 Å². The van der Waals surface area contributed by atoms with Gasteiger partial charge in [0.05, 0.1) is 17.9 Å². The van der Waals surface area contributed by atoms with Gasteiger partial charge in [-0.1, -0.05) is 30.3 Å². The predicted octanol–water partition coefficient (Wildman–Crippen LogP) is 1.67. The average molecular weight is 311 g/mol. The lowest BCUT2D eigenvalue weighted by Crippen LogP contribution is -2.36. The highest BCUT2D eigenvalue weighted by Gasteiger charge is 2.31. The number of pyridine rings is 1. The molecule has 0 saturated carbocycles. The fourth-order valence-corrected chi connectivity index (χ4v) is 2.94. The van der Waals surface area contributed by atoms with E-state index in [1.54, 1.807) is 11.8 Å². The SMILES string of the molecule is Cc1nc(C(N)=O)c(O)c2c1N(Cc1ccccc1)C(=O)CC2. The van der Waals surface area contributed by atoms with Crippen LogP contribution in [-0.2, 0) is 17.8 Å². The highest BCUT2D eigenvalue weighted by Crippen LogP contribution is 2.38. The molecule has 0 aliphatic carbocycles. The summed E-state index contributed by atoms with van der Waals surface area (Å²) in [5.74, 6) is -1.03. The van der Waals surface area contributed by atoms with Gasteiger partial charge in [-0.2, -0.15) is 0 Å². The summed E-state index contributed by atoms with van der Waals surface area (Å²) >= 11 is 0. The second-order valence-corrected chi connectivity index (χ2v) is 5.55. The Labute approximate surface area is 133 Å². The molecule has 118 valence electrons. The lowest BCUT2D eigenvalue weighted by molar-refractivity contribution is -0.119. The maximum Gasteiger partial charge on any atom is 0.271 e. The third-order valence-corrected chi connectivity index (χ3v) is 3.99. The number of hydrogen-bond acceptors (Lipinski definition) is 4. The summed E-state index contributed by atoms with van der Waals surface area (Å²) in [5.41, 5.74) is 7.74. The van der Waals surface area contributed by atoms with Crippen LogP contribution in [0.2, 0.25) is 0 Å². The molecule has 2 amide bonds. The summed E-state index contributed by atoms with van der Waals surface area (Å²) in [4.78, 5) is 29.5. The number of anilines is 1. The third kappa shape index (κ3) is 2.63. The minimum Gasteiger partial charge on any atom is -0.505 e. The second kappa shape index (κ2) is 5.72. The van der Waals surface area contributed by atoms with Gasteiger partial charge in [0, 0.05) is 12.0 Å². The van der Waals surface area contributed by atoms with E-state index in [4.69, 9.17) is 5.73 Å². The smallest absolute Gasteiger partial charge is 0.271 e. The fraction of sp³-hybridized carbons (Fsp3) is 0.235. The van der Waals surface area contributed by atoms with Gasteiger partial charge >= 0.3 is 0 Å². The Kier molecular flexibility index (Phi) is 3.73. The van der Waals surface area contributed by atoms with E-state index in [1.807, 2.05) is 30.3 Å². The lowest BCUT2D eigenvalue weighted by Gasteiger charge is -2.31. The zero-order valence-corrected chi connectivity index (χ0v) is 12.7. The molecular weight excluding hydrogens is 294 g/mol. The third-order valence-electron chi connectivity index (χ3n) is 3.99. The van der Waals surface area contributed by atoms with Crippen LogP contribution in [0.4, 0.5) is 5.69 Å². The molecule has 1 aromatic carbocycles. The van der Waals surface area contributed by atoms with E-state index in [9.17, 15) is 14.7 Å². The largest absolute Gasteiger partial charge is 0.505 e. The molecule has 3 N–H and O–H groups in total. The van der Waals surface area contributed by atoms with Gasteiger partial charge in [0.2, 0.25) is 5.91 Å². The molecular formula is C17H17N3O3. The fourth-order valence-electron chi connectivity index (χ4n) is 2.94. The van der Waals surface area contributed by atoms with E-state index in [0.29, 0.717) is 29.9 Å². The van der Waals surface area contributed by atoms with Crippen molar-refractivity contribution in [2.75, 3.05) is 4.90 Å². The number of aromatic hydroxyl groups is 1. The van der Waals surface area contributed by atoms with Gasteiger partial charge in [0.15, 0.2) is 11.4 Å². The molecule has 1 aliphatic heterocycles. The number of amides is 2. The lowest BCUT2D eigenvalue weighted by atomic mass is 9.97. The van der Waals surface area contributed by atoms with Crippen molar-refractivity contribution in [3.05, 3.63) is 52.8 Å². The molecule has 0 unspecified atom stereocenters. The van der Waals surface area contributed by atoms with E-state index in [0.717, 1.165) is 5.56 Å². The highest BCUT2D eigenvalue weighted by atomic mass is 16.3. The predicted molar refractivity (Wildman–Crippen MR) is 85.1 cm³/mol. The number of fused-ring (bicyclic) bond motifs is 1. The number of aromatic nitrogens is 1. The van der Waals surface area contributed by atoms with Gasteiger partial charge in [-0.3, -0.25) is 9.59 Å². The minimum absolute atomic E-state index is 0.0301. The second-order valence-electron chi connectivity index (χ2n) is 5.55. The molecule has 0 spiro atoms. The Hall–Kier alpha value is -2.89. The number of primary amides is 1. The molecule has 0 saturated heterocycles. The van der Waals surface area contributed by atoms with Crippen LogP contribution in [0.5, 0.6) is 5.75 Å². The van der Waals surface area contributed by atoms with Crippen molar-refractivity contribution >= 4 is 17.5 Å². The number of rotatable bonds is 3. The Balaban J connectivity index is 2.10. The van der Waals surface area contributed by atoms with Crippen LogP contribution in [0.3, 0.4) is 0 Å². The van der Waals surface area contributed by atoms with E-state index < -0.39 is 5.91 Å². The van der Waals surface area contributed by atoms with Crippen molar-refractivity contribution in [1.29, 1.82) is 0 Å². The van der Waals surface area contributed by atoms with Gasteiger partial charge in [-0.15, -0.1) is 0 Å². The number of carbonyl (C=O) groups is 2.